The van der Waals surface area contributed by atoms with E-state index in [1.54, 1.807) is 60.7 Å². The van der Waals surface area contributed by atoms with Crippen LogP contribution in [0.3, 0.4) is 0 Å². The SMILES string of the molecule is COc1ccc([C@H](OC(=O)NC(=O)c2ccccc2)[C@H](CCOC(=O)CS)Oc2ccccc2)cc1O. The number of rotatable bonds is 11. The molecule has 0 unspecified atom stereocenters. The van der Waals surface area contributed by atoms with Crippen molar-refractivity contribution in [3.05, 3.63) is 90.0 Å². The molecule has 2 amide bonds. The maximum absolute atomic E-state index is 12.8. The Morgan fingerprint density at radius 3 is 2.27 bits per heavy atom. The average molecular weight is 526 g/mol. The summed E-state index contributed by atoms with van der Waals surface area (Å²) in [7, 11) is 1.41. The Kier molecular flexibility index (Phi) is 10.2. The van der Waals surface area contributed by atoms with E-state index < -0.39 is 30.2 Å². The zero-order valence-corrected chi connectivity index (χ0v) is 20.9. The average Bonchev–Trinajstić information content (AvgIpc) is 2.92. The van der Waals surface area contributed by atoms with Crippen molar-refractivity contribution in [1.82, 2.24) is 5.32 Å². The summed E-state index contributed by atoms with van der Waals surface area (Å²) in [4.78, 5) is 36.9. The van der Waals surface area contributed by atoms with Gasteiger partial charge in [0, 0.05) is 17.5 Å². The van der Waals surface area contributed by atoms with Crippen LogP contribution in [0.25, 0.3) is 0 Å². The van der Waals surface area contributed by atoms with Crippen LogP contribution in [-0.4, -0.2) is 48.6 Å². The van der Waals surface area contributed by atoms with Gasteiger partial charge in [-0.15, -0.1) is 0 Å². The number of esters is 1. The highest BCUT2D eigenvalue weighted by molar-refractivity contribution is 7.81. The van der Waals surface area contributed by atoms with E-state index in [0.717, 1.165) is 0 Å². The number of para-hydroxylation sites is 1. The predicted molar refractivity (Wildman–Crippen MR) is 138 cm³/mol. The number of hydrogen-bond acceptors (Lipinski definition) is 9. The largest absolute Gasteiger partial charge is 0.504 e. The predicted octanol–water partition coefficient (Wildman–Crippen LogP) is 4.32. The van der Waals surface area contributed by atoms with Gasteiger partial charge in [-0.05, 0) is 36.4 Å². The first kappa shape index (κ1) is 27.4. The molecule has 0 spiro atoms. The normalized spacial score (nSPS) is 12.1. The van der Waals surface area contributed by atoms with Gasteiger partial charge in [0.25, 0.3) is 5.91 Å². The van der Waals surface area contributed by atoms with E-state index in [9.17, 15) is 19.5 Å². The molecule has 0 bridgehead atoms. The standard InChI is InChI=1S/C27H27NO8S/c1-33-22-13-12-19(16-21(22)29)25(36-27(32)28-26(31)18-8-4-2-5-9-18)23(14-15-34-24(30)17-37)35-20-10-6-3-7-11-20/h2-13,16,23,25,29,37H,14-15,17H2,1H3,(H,28,31,32)/t23-,25-/m0/s1. The van der Waals surface area contributed by atoms with Crippen LogP contribution in [0.1, 0.15) is 28.4 Å². The Hall–Kier alpha value is -4.18. The van der Waals surface area contributed by atoms with Gasteiger partial charge in [0.2, 0.25) is 0 Å². The Labute approximate surface area is 219 Å². The fourth-order valence-electron chi connectivity index (χ4n) is 3.42. The molecule has 37 heavy (non-hydrogen) atoms. The fraction of sp³-hybridized carbons (Fsp3) is 0.222. The number of alkyl carbamates (subject to hydrolysis) is 1. The molecule has 10 heteroatoms. The van der Waals surface area contributed by atoms with Gasteiger partial charge in [-0.1, -0.05) is 42.5 Å². The second-order valence-electron chi connectivity index (χ2n) is 7.71. The van der Waals surface area contributed by atoms with Gasteiger partial charge in [0.15, 0.2) is 17.6 Å². The van der Waals surface area contributed by atoms with Crippen molar-refractivity contribution in [1.29, 1.82) is 0 Å². The molecule has 0 saturated heterocycles. The molecular formula is C27H27NO8S. The van der Waals surface area contributed by atoms with Crippen molar-refractivity contribution in [3.8, 4) is 17.2 Å². The molecule has 9 nitrogen and oxygen atoms in total. The zero-order chi connectivity index (χ0) is 26.6. The van der Waals surface area contributed by atoms with Crippen LogP contribution < -0.4 is 14.8 Å². The Balaban J connectivity index is 1.89. The van der Waals surface area contributed by atoms with Crippen molar-refractivity contribution in [2.75, 3.05) is 19.5 Å². The lowest BCUT2D eigenvalue weighted by atomic mass is 10.0. The fourth-order valence-corrected chi connectivity index (χ4v) is 3.51. The minimum absolute atomic E-state index is 0.0521. The second kappa shape index (κ2) is 13.8. The van der Waals surface area contributed by atoms with E-state index in [0.29, 0.717) is 11.3 Å². The summed E-state index contributed by atoms with van der Waals surface area (Å²) in [5.41, 5.74) is 0.635. The lowest BCUT2D eigenvalue weighted by Crippen LogP contribution is -2.37. The highest BCUT2D eigenvalue weighted by Gasteiger charge is 2.31. The number of amides is 2. The van der Waals surface area contributed by atoms with Crippen molar-refractivity contribution in [2.45, 2.75) is 18.6 Å². The van der Waals surface area contributed by atoms with Crippen LogP contribution in [0.4, 0.5) is 4.79 Å². The first-order chi connectivity index (χ1) is 17.9. The Morgan fingerprint density at radius 1 is 0.973 bits per heavy atom. The van der Waals surface area contributed by atoms with Gasteiger partial charge < -0.3 is 24.1 Å². The van der Waals surface area contributed by atoms with Crippen LogP contribution in [0.15, 0.2) is 78.9 Å². The third-order valence-electron chi connectivity index (χ3n) is 5.18. The molecule has 2 N–H and O–H groups in total. The van der Waals surface area contributed by atoms with Crippen LogP contribution in [0.2, 0.25) is 0 Å². The first-order valence-electron chi connectivity index (χ1n) is 11.3. The Morgan fingerprint density at radius 2 is 1.65 bits per heavy atom. The van der Waals surface area contributed by atoms with Gasteiger partial charge >= 0.3 is 12.1 Å². The molecule has 0 heterocycles. The third kappa shape index (κ3) is 8.18. The summed E-state index contributed by atoms with van der Waals surface area (Å²) in [5.74, 6) is -0.762. The summed E-state index contributed by atoms with van der Waals surface area (Å²) in [6, 6.07) is 21.4. The van der Waals surface area contributed by atoms with E-state index in [-0.39, 0.29) is 35.8 Å². The summed E-state index contributed by atoms with van der Waals surface area (Å²) in [5, 5.41) is 12.6. The van der Waals surface area contributed by atoms with Gasteiger partial charge in [-0.2, -0.15) is 12.6 Å². The number of hydrogen-bond donors (Lipinski definition) is 3. The molecule has 2 atom stereocenters. The zero-order valence-electron chi connectivity index (χ0n) is 20.0. The molecule has 0 aliphatic heterocycles. The van der Waals surface area contributed by atoms with E-state index in [1.807, 2.05) is 6.07 Å². The number of phenolic OH excluding ortho intramolecular Hbond substituents is 1. The van der Waals surface area contributed by atoms with Crippen LogP contribution in [0.5, 0.6) is 17.2 Å². The molecule has 0 aromatic heterocycles. The lowest BCUT2D eigenvalue weighted by molar-refractivity contribution is -0.141. The molecular weight excluding hydrogens is 498 g/mol. The van der Waals surface area contributed by atoms with Crippen molar-refractivity contribution in [2.24, 2.45) is 0 Å². The number of carbonyl (C=O) groups is 3. The molecule has 3 aromatic carbocycles. The van der Waals surface area contributed by atoms with E-state index in [2.05, 4.69) is 17.9 Å². The summed E-state index contributed by atoms with van der Waals surface area (Å²) >= 11 is 3.90. The first-order valence-corrected chi connectivity index (χ1v) is 12.0. The quantitative estimate of drug-likeness (QED) is 0.250. The molecule has 0 aliphatic rings. The van der Waals surface area contributed by atoms with Gasteiger partial charge in [0.05, 0.1) is 19.5 Å². The van der Waals surface area contributed by atoms with Gasteiger partial charge in [-0.3, -0.25) is 14.9 Å². The monoisotopic (exact) mass is 525 g/mol. The van der Waals surface area contributed by atoms with Crippen molar-refractivity contribution < 1.29 is 38.4 Å². The number of ether oxygens (including phenoxy) is 4. The maximum Gasteiger partial charge on any atom is 0.414 e. The van der Waals surface area contributed by atoms with E-state index in [1.165, 1.54) is 19.2 Å². The molecule has 0 fully saturated rings. The van der Waals surface area contributed by atoms with Crippen molar-refractivity contribution in [3.63, 3.8) is 0 Å². The number of nitrogens with one attached hydrogen (secondary N) is 1. The minimum atomic E-state index is -1.12. The van der Waals surface area contributed by atoms with Crippen molar-refractivity contribution >= 4 is 30.6 Å². The highest BCUT2D eigenvalue weighted by atomic mass is 32.1. The number of methoxy groups -OCH3 is 1. The van der Waals surface area contributed by atoms with Crippen LogP contribution in [-0.2, 0) is 14.3 Å². The van der Waals surface area contributed by atoms with Gasteiger partial charge in [-0.25, -0.2) is 4.79 Å². The van der Waals surface area contributed by atoms with E-state index >= 15 is 0 Å². The minimum Gasteiger partial charge on any atom is -0.504 e. The van der Waals surface area contributed by atoms with Crippen LogP contribution >= 0.6 is 12.6 Å². The topological polar surface area (TPSA) is 120 Å². The molecule has 194 valence electrons. The number of aromatic hydroxyl groups is 1. The maximum atomic E-state index is 12.8. The summed E-state index contributed by atoms with van der Waals surface area (Å²) in [6.07, 6.45) is -2.90. The summed E-state index contributed by atoms with van der Waals surface area (Å²) < 4.78 is 22.1. The third-order valence-corrected chi connectivity index (χ3v) is 5.44. The second-order valence-corrected chi connectivity index (χ2v) is 8.03. The van der Waals surface area contributed by atoms with Gasteiger partial charge in [0.1, 0.15) is 11.9 Å². The number of imide groups is 1. The molecule has 0 saturated carbocycles. The molecule has 0 radical (unpaired) electrons. The number of phenols is 1. The van der Waals surface area contributed by atoms with Crippen LogP contribution in [0, 0.1) is 0 Å². The molecule has 3 rings (SSSR count). The number of benzene rings is 3. The lowest BCUT2D eigenvalue weighted by Gasteiger charge is -2.28. The molecule has 0 aliphatic carbocycles. The molecule has 3 aromatic rings. The number of carbonyl (C=O) groups excluding carboxylic acids is 3. The van der Waals surface area contributed by atoms with E-state index in [4.69, 9.17) is 18.9 Å². The smallest absolute Gasteiger partial charge is 0.414 e. The summed E-state index contributed by atoms with van der Waals surface area (Å²) in [6.45, 7) is -0.0521. The Bertz CT molecular complexity index is 1190. The highest BCUT2D eigenvalue weighted by Crippen LogP contribution is 2.34. The number of thiol groups is 1.